The Balaban J connectivity index is 1.67. The van der Waals surface area contributed by atoms with Gasteiger partial charge in [0.15, 0.2) is 0 Å². The monoisotopic (exact) mass is 550 g/mol. The molecular weight excluding hydrogens is 529 g/mol. The third-order valence-electron chi connectivity index (χ3n) is 6.59. The Kier molecular flexibility index (Phi) is 6.73. The van der Waals surface area contributed by atoms with Crippen LogP contribution in [0.4, 0.5) is 13.2 Å². The number of nitrogens with two attached hydrogens (primary N) is 1. The Hall–Kier alpha value is -2.99. The molecule has 194 valence electrons. The summed E-state index contributed by atoms with van der Waals surface area (Å²) in [6.07, 6.45) is -2.31. The van der Waals surface area contributed by atoms with E-state index in [1.165, 1.54) is 22.9 Å². The lowest BCUT2D eigenvalue weighted by Crippen LogP contribution is -2.49. The number of halogens is 4. The van der Waals surface area contributed by atoms with Gasteiger partial charge in [0.2, 0.25) is 5.88 Å². The summed E-state index contributed by atoms with van der Waals surface area (Å²) < 4.78 is 48.2. The van der Waals surface area contributed by atoms with Gasteiger partial charge in [0.25, 0.3) is 0 Å². The lowest BCUT2D eigenvalue weighted by atomic mass is 9.91. The molecule has 1 fully saturated rings. The standard InChI is InChI=1S/C25H22ClF3N4O3S/c26-17-3-1-15(19(11-17)25(27,28)29)10-18(14-2-4-20-16(9-14)12-31-32-20)21-22(34)33(23(35)37-21)13-24(30)5-7-36-8-6-24/h1-4,9,11-12,34H,5-8,10,13,30H2. The van der Waals surface area contributed by atoms with Crippen LogP contribution in [0.1, 0.15) is 34.4 Å². The molecule has 3 aromatic rings. The third-order valence-corrected chi connectivity index (χ3v) is 7.85. The fraction of sp³-hybridized carbons (Fsp3) is 0.320. The highest BCUT2D eigenvalue weighted by molar-refractivity contribution is 7.10. The van der Waals surface area contributed by atoms with Crippen molar-refractivity contribution >= 4 is 34.7 Å². The number of rotatable bonds is 5. The Labute approximate surface area is 218 Å². The average Bonchev–Trinajstić information content (AvgIpc) is 3.42. The molecule has 12 heteroatoms. The molecule has 7 nitrogen and oxygen atoms in total. The molecule has 0 unspecified atom stereocenters. The molecule has 3 N–H and O–H groups in total. The smallest absolute Gasteiger partial charge is 0.416 e. The van der Waals surface area contributed by atoms with E-state index in [9.17, 15) is 23.1 Å². The quantitative estimate of drug-likeness (QED) is 0.509. The molecule has 37 heavy (non-hydrogen) atoms. The molecule has 0 aliphatic carbocycles. The molecule has 0 bridgehead atoms. The van der Waals surface area contributed by atoms with Crippen molar-refractivity contribution in [2.75, 3.05) is 13.2 Å². The van der Waals surface area contributed by atoms with Crippen LogP contribution in [0.2, 0.25) is 5.02 Å². The SMILES string of the molecule is NC1(Cn2c(O)c(C(Cc3ccc(Cl)cc3C(F)(F)F)=c3ccc4c(c3)C=NN=4)sc2=O)CCOCC1. The minimum atomic E-state index is -4.65. The minimum Gasteiger partial charge on any atom is -0.493 e. The number of nitrogens with zero attached hydrogens (tertiary/aromatic N) is 3. The van der Waals surface area contributed by atoms with Crippen LogP contribution in [0.5, 0.6) is 5.88 Å². The van der Waals surface area contributed by atoms with Gasteiger partial charge in [-0.25, -0.2) is 0 Å². The first kappa shape index (κ1) is 25.7. The van der Waals surface area contributed by atoms with Gasteiger partial charge in [0.1, 0.15) is 0 Å². The van der Waals surface area contributed by atoms with Crippen LogP contribution in [0, 0.1) is 0 Å². The van der Waals surface area contributed by atoms with Crippen molar-refractivity contribution in [2.24, 2.45) is 15.9 Å². The second kappa shape index (κ2) is 9.71. The van der Waals surface area contributed by atoms with Crippen molar-refractivity contribution in [2.45, 2.75) is 37.5 Å². The van der Waals surface area contributed by atoms with E-state index in [4.69, 9.17) is 22.1 Å². The lowest BCUT2D eigenvalue weighted by molar-refractivity contribution is -0.138. The normalized spacial score (nSPS) is 17.4. The van der Waals surface area contributed by atoms with Crippen LogP contribution in [-0.2, 0) is 23.9 Å². The summed E-state index contributed by atoms with van der Waals surface area (Å²) in [5.74, 6) is -0.331. The number of aromatic hydroxyl groups is 1. The summed E-state index contributed by atoms with van der Waals surface area (Å²) in [6, 6.07) is 8.67. The van der Waals surface area contributed by atoms with Crippen molar-refractivity contribution in [1.82, 2.24) is 4.57 Å². The number of benzene rings is 2. The molecule has 0 atom stereocenters. The van der Waals surface area contributed by atoms with Gasteiger partial charge in [-0.1, -0.05) is 35.1 Å². The third kappa shape index (κ3) is 5.22. The Morgan fingerprint density at radius 1 is 1.22 bits per heavy atom. The number of fused-ring (bicyclic) bond motifs is 1. The van der Waals surface area contributed by atoms with Crippen LogP contribution in [-0.4, -0.2) is 34.6 Å². The summed E-state index contributed by atoms with van der Waals surface area (Å²) in [5, 5.41) is 20.2. The van der Waals surface area contributed by atoms with Gasteiger partial charge >= 0.3 is 11.0 Å². The molecule has 1 aromatic heterocycles. The minimum absolute atomic E-state index is 0.0442. The second-order valence-corrected chi connectivity index (χ2v) is 10.6. The Bertz CT molecular complexity index is 1570. The van der Waals surface area contributed by atoms with Gasteiger partial charge in [0.05, 0.1) is 22.0 Å². The number of hydrogen-bond acceptors (Lipinski definition) is 7. The van der Waals surface area contributed by atoms with Crippen molar-refractivity contribution in [3.63, 3.8) is 0 Å². The fourth-order valence-electron chi connectivity index (χ4n) is 4.54. The van der Waals surface area contributed by atoms with Crippen LogP contribution in [0.25, 0.3) is 5.57 Å². The first-order chi connectivity index (χ1) is 17.5. The summed E-state index contributed by atoms with van der Waals surface area (Å²) >= 11 is 6.65. The van der Waals surface area contributed by atoms with Crippen molar-refractivity contribution in [3.8, 4) is 5.88 Å². The van der Waals surface area contributed by atoms with Crippen LogP contribution in [0.15, 0.2) is 51.4 Å². The molecule has 0 saturated carbocycles. The van der Waals surface area contributed by atoms with Crippen molar-refractivity contribution < 1.29 is 23.0 Å². The largest absolute Gasteiger partial charge is 0.493 e. The highest BCUT2D eigenvalue weighted by Gasteiger charge is 2.35. The molecule has 3 heterocycles. The van der Waals surface area contributed by atoms with Gasteiger partial charge in [-0.15, -0.1) is 0 Å². The van der Waals surface area contributed by atoms with Crippen LogP contribution in [0.3, 0.4) is 0 Å². The van der Waals surface area contributed by atoms with E-state index in [0.717, 1.165) is 17.4 Å². The first-order valence-electron chi connectivity index (χ1n) is 11.4. The van der Waals surface area contributed by atoms with E-state index in [1.54, 1.807) is 18.2 Å². The van der Waals surface area contributed by atoms with Gasteiger partial charge < -0.3 is 15.6 Å². The maximum absolute atomic E-state index is 13.9. The molecule has 0 amide bonds. The molecule has 2 aromatic carbocycles. The number of aromatic nitrogens is 1. The number of hydrogen-bond donors (Lipinski definition) is 2. The topological polar surface area (TPSA) is 102 Å². The number of alkyl halides is 3. The summed E-state index contributed by atoms with van der Waals surface area (Å²) in [5.41, 5.74) is 5.83. The van der Waals surface area contributed by atoms with E-state index in [-0.39, 0.29) is 34.3 Å². The molecule has 2 aliphatic heterocycles. The molecular formula is C25H22ClF3N4O3S. The zero-order chi connectivity index (χ0) is 26.4. The van der Waals surface area contributed by atoms with Crippen molar-refractivity contribution in [3.05, 3.63) is 83.2 Å². The molecule has 0 radical (unpaired) electrons. The van der Waals surface area contributed by atoms with E-state index >= 15 is 0 Å². The van der Waals surface area contributed by atoms with Crippen LogP contribution < -0.4 is 21.2 Å². The average molecular weight is 551 g/mol. The van der Waals surface area contributed by atoms with E-state index in [1.807, 2.05) is 0 Å². The molecule has 5 rings (SSSR count). The molecule has 0 spiro atoms. The summed E-state index contributed by atoms with van der Waals surface area (Å²) in [7, 11) is 0. The van der Waals surface area contributed by atoms with Gasteiger partial charge in [0, 0.05) is 42.3 Å². The number of thiazole rings is 1. The number of ether oxygens (including phenoxy) is 1. The van der Waals surface area contributed by atoms with E-state index in [2.05, 4.69) is 10.2 Å². The molecule has 1 saturated heterocycles. The summed E-state index contributed by atoms with van der Waals surface area (Å²) in [4.78, 5) is 12.7. The zero-order valence-electron chi connectivity index (χ0n) is 19.4. The molecule has 2 aliphatic rings. The van der Waals surface area contributed by atoms with Gasteiger partial charge in [-0.3, -0.25) is 9.36 Å². The maximum atomic E-state index is 13.9. The van der Waals surface area contributed by atoms with Crippen molar-refractivity contribution in [1.29, 1.82) is 0 Å². The van der Waals surface area contributed by atoms with Gasteiger partial charge in [-0.05, 0) is 53.5 Å². The van der Waals surface area contributed by atoms with Gasteiger partial charge in [-0.2, -0.15) is 23.4 Å². The van der Waals surface area contributed by atoms with E-state index in [0.29, 0.717) is 47.8 Å². The summed E-state index contributed by atoms with van der Waals surface area (Å²) in [6.45, 7) is 0.951. The highest BCUT2D eigenvalue weighted by atomic mass is 35.5. The van der Waals surface area contributed by atoms with Crippen LogP contribution >= 0.6 is 22.9 Å². The lowest BCUT2D eigenvalue weighted by Gasteiger charge is -2.33. The highest BCUT2D eigenvalue weighted by Crippen LogP contribution is 2.37. The predicted molar refractivity (Wildman–Crippen MR) is 135 cm³/mol. The second-order valence-electron chi connectivity index (χ2n) is 9.15. The van der Waals surface area contributed by atoms with E-state index < -0.39 is 22.2 Å². The fourth-order valence-corrected chi connectivity index (χ4v) is 5.67. The Morgan fingerprint density at radius 3 is 2.70 bits per heavy atom. The zero-order valence-corrected chi connectivity index (χ0v) is 21.0. The predicted octanol–water partition coefficient (Wildman–Crippen LogP) is 3.20. The Morgan fingerprint density at radius 2 is 1.97 bits per heavy atom. The first-order valence-corrected chi connectivity index (χ1v) is 12.6. The maximum Gasteiger partial charge on any atom is 0.416 e.